The van der Waals surface area contributed by atoms with Gasteiger partial charge < -0.3 is 10.2 Å². The molecule has 0 spiro atoms. The first kappa shape index (κ1) is 12.7. The molecule has 0 amide bonds. The van der Waals surface area contributed by atoms with Crippen LogP contribution < -0.4 is 5.73 Å². The van der Waals surface area contributed by atoms with E-state index in [-0.39, 0.29) is 12.1 Å². The molecule has 2 atom stereocenters. The van der Waals surface area contributed by atoms with Gasteiger partial charge in [-0.25, -0.2) is 0 Å². The Bertz CT molecular complexity index is 357. The molecule has 1 aromatic heterocycles. The smallest absolute Gasteiger partial charge is 0.122 e. The highest BCUT2D eigenvalue weighted by molar-refractivity contribution is 5.12. The van der Waals surface area contributed by atoms with Crippen molar-refractivity contribution in [3.8, 4) is 0 Å². The van der Waals surface area contributed by atoms with Gasteiger partial charge in [0, 0.05) is 12.6 Å². The number of aryl methyl sites for hydroxylation is 1. The molecule has 1 aromatic rings. The van der Waals surface area contributed by atoms with E-state index < -0.39 is 0 Å². The van der Waals surface area contributed by atoms with E-state index in [9.17, 15) is 0 Å². The summed E-state index contributed by atoms with van der Waals surface area (Å²) in [5.74, 6) is 2.86. The van der Waals surface area contributed by atoms with Crippen molar-refractivity contribution < 1.29 is 4.42 Å². The summed E-state index contributed by atoms with van der Waals surface area (Å²) >= 11 is 0. The molecule has 0 saturated heterocycles. The quantitative estimate of drug-likeness (QED) is 0.825. The molecule has 0 bridgehead atoms. The molecule has 2 N–H and O–H groups in total. The van der Waals surface area contributed by atoms with Crippen LogP contribution in [0.3, 0.4) is 0 Å². The first-order valence-corrected chi connectivity index (χ1v) is 6.64. The van der Waals surface area contributed by atoms with Crippen LogP contribution in [0, 0.1) is 12.8 Å². The van der Waals surface area contributed by atoms with E-state index in [1.54, 1.807) is 0 Å². The Kier molecular flexibility index (Phi) is 3.89. The largest absolute Gasteiger partial charge is 0.465 e. The topological polar surface area (TPSA) is 42.4 Å². The summed E-state index contributed by atoms with van der Waals surface area (Å²) < 4.78 is 5.77. The Labute approximate surface area is 104 Å². The molecule has 1 fully saturated rings. The second kappa shape index (κ2) is 5.23. The van der Waals surface area contributed by atoms with E-state index in [0.29, 0.717) is 0 Å². The van der Waals surface area contributed by atoms with E-state index >= 15 is 0 Å². The van der Waals surface area contributed by atoms with Crippen LogP contribution in [-0.4, -0.2) is 24.5 Å². The van der Waals surface area contributed by atoms with E-state index in [4.69, 9.17) is 10.2 Å². The van der Waals surface area contributed by atoms with Gasteiger partial charge in [0.25, 0.3) is 0 Å². The van der Waals surface area contributed by atoms with Crippen molar-refractivity contribution in [3.05, 3.63) is 23.7 Å². The summed E-state index contributed by atoms with van der Waals surface area (Å²) in [6.07, 6.45) is 3.71. The number of rotatable bonds is 6. The monoisotopic (exact) mass is 236 g/mol. The molecule has 2 rings (SSSR count). The minimum Gasteiger partial charge on any atom is -0.465 e. The van der Waals surface area contributed by atoms with E-state index in [1.165, 1.54) is 12.8 Å². The van der Waals surface area contributed by atoms with Crippen molar-refractivity contribution in [3.63, 3.8) is 0 Å². The van der Waals surface area contributed by atoms with Gasteiger partial charge in [-0.3, -0.25) is 4.90 Å². The van der Waals surface area contributed by atoms with Crippen LogP contribution in [0.15, 0.2) is 16.5 Å². The Morgan fingerprint density at radius 1 is 1.47 bits per heavy atom. The summed E-state index contributed by atoms with van der Waals surface area (Å²) in [6, 6.07) is 4.45. The van der Waals surface area contributed by atoms with Gasteiger partial charge in [-0.2, -0.15) is 0 Å². The molecule has 1 aliphatic carbocycles. The fourth-order valence-corrected chi connectivity index (χ4v) is 2.41. The molecule has 1 heterocycles. The van der Waals surface area contributed by atoms with Gasteiger partial charge in [-0.15, -0.1) is 0 Å². The van der Waals surface area contributed by atoms with Gasteiger partial charge >= 0.3 is 0 Å². The lowest BCUT2D eigenvalue weighted by Gasteiger charge is -2.30. The molecular formula is C14H24N2O. The van der Waals surface area contributed by atoms with E-state index in [0.717, 1.165) is 30.4 Å². The second-order valence-corrected chi connectivity index (χ2v) is 5.35. The van der Waals surface area contributed by atoms with Crippen molar-refractivity contribution in [1.29, 1.82) is 0 Å². The number of likely N-dealkylation sites (N-methyl/N-ethyl adjacent to an activating group) is 1. The third-order valence-electron chi connectivity index (χ3n) is 3.65. The van der Waals surface area contributed by atoms with Gasteiger partial charge in [-0.1, -0.05) is 6.92 Å². The van der Waals surface area contributed by atoms with Crippen molar-refractivity contribution in [2.24, 2.45) is 11.7 Å². The van der Waals surface area contributed by atoms with Crippen LogP contribution >= 0.6 is 0 Å². The van der Waals surface area contributed by atoms with Crippen LogP contribution in [0.2, 0.25) is 0 Å². The first-order valence-electron chi connectivity index (χ1n) is 6.64. The Morgan fingerprint density at radius 3 is 2.65 bits per heavy atom. The number of hydrogen-bond acceptors (Lipinski definition) is 3. The Morgan fingerprint density at radius 2 is 2.18 bits per heavy atom. The van der Waals surface area contributed by atoms with Gasteiger partial charge in [0.15, 0.2) is 0 Å². The van der Waals surface area contributed by atoms with Gasteiger partial charge in [0.2, 0.25) is 0 Å². The molecular weight excluding hydrogens is 212 g/mol. The molecule has 0 aromatic carbocycles. The zero-order valence-corrected chi connectivity index (χ0v) is 11.1. The second-order valence-electron chi connectivity index (χ2n) is 5.35. The van der Waals surface area contributed by atoms with Crippen LogP contribution in [0.4, 0.5) is 0 Å². The van der Waals surface area contributed by atoms with Crippen LogP contribution in [-0.2, 0) is 0 Å². The van der Waals surface area contributed by atoms with Crippen molar-refractivity contribution in [2.75, 3.05) is 13.6 Å². The third-order valence-corrected chi connectivity index (χ3v) is 3.65. The van der Waals surface area contributed by atoms with Crippen molar-refractivity contribution >= 4 is 0 Å². The predicted molar refractivity (Wildman–Crippen MR) is 69.8 cm³/mol. The lowest BCUT2D eigenvalue weighted by molar-refractivity contribution is 0.175. The molecule has 1 saturated carbocycles. The predicted octanol–water partition coefficient (Wildman–Crippen LogP) is 2.71. The van der Waals surface area contributed by atoms with E-state index in [2.05, 4.69) is 24.9 Å². The maximum Gasteiger partial charge on any atom is 0.122 e. The fraction of sp³-hybridized carbons (Fsp3) is 0.714. The summed E-state index contributed by atoms with van der Waals surface area (Å²) in [7, 11) is 2.16. The Hall–Kier alpha value is -0.800. The number of furan rings is 1. The molecule has 17 heavy (non-hydrogen) atoms. The lowest BCUT2D eigenvalue weighted by Crippen LogP contribution is -2.39. The lowest BCUT2D eigenvalue weighted by atomic mass is 10.0. The summed E-state index contributed by atoms with van der Waals surface area (Å²) in [4.78, 5) is 2.37. The number of hydrogen-bond donors (Lipinski definition) is 1. The minimum atomic E-state index is 0.143. The summed E-state index contributed by atoms with van der Waals surface area (Å²) in [6.45, 7) is 5.26. The normalized spacial score (nSPS) is 19.6. The number of nitrogens with two attached hydrogens (primary N) is 1. The average Bonchev–Trinajstić information content (AvgIpc) is 3.00. The number of nitrogens with zero attached hydrogens (tertiary/aromatic N) is 1. The third kappa shape index (κ3) is 3.11. The highest BCUT2D eigenvalue weighted by atomic mass is 16.3. The molecule has 0 radical (unpaired) electrons. The molecule has 96 valence electrons. The van der Waals surface area contributed by atoms with E-state index in [1.807, 2.05) is 13.0 Å². The molecule has 3 heteroatoms. The SMILES string of the molecule is CCC(N)C(c1ccc(C)o1)N(C)CC1CC1. The maximum atomic E-state index is 6.25. The average molecular weight is 236 g/mol. The molecule has 3 nitrogen and oxygen atoms in total. The fourth-order valence-electron chi connectivity index (χ4n) is 2.41. The molecule has 0 aliphatic heterocycles. The first-order chi connectivity index (χ1) is 8.11. The van der Waals surface area contributed by atoms with Gasteiger partial charge in [-0.05, 0) is 51.3 Å². The van der Waals surface area contributed by atoms with Crippen LogP contribution in [0.25, 0.3) is 0 Å². The standard InChI is InChI=1S/C14H24N2O/c1-4-12(15)14(13-8-5-10(2)17-13)16(3)9-11-6-7-11/h5,8,11-12,14H,4,6-7,9,15H2,1-3H3. The zero-order valence-electron chi connectivity index (χ0n) is 11.1. The summed E-state index contributed by atoms with van der Waals surface area (Å²) in [5.41, 5.74) is 6.25. The molecule has 2 unspecified atom stereocenters. The maximum absolute atomic E-state index is 6.25. The van der Waals surface area contributed by atoms with Crippen molar-refractivity contribution in [2.45, 2.75) is 45.2 Å². The highest BCUT2D eigenvalue weighted by Crippen LogP contribution is 2.33. The van der Waals surface area contributed by atoms with Crippen LogP contribution in [0.5, 0.6) is 0 Å². The van der Waals surface area contributed by atoms with Gasteiger partial charge in [0.05, 0.1) is 6.04 Å². The van der Waals surface area contributed by atoms with Crippen molar-refractivity contribution in [1.82, 2.24) is 4.90 Å². The van der Waals surface area contributed by atoms with Crippen LogP contribution in [0.1, 0.15) is 43.7 Å². The Balaban J connectivity index is 2.11. The van der Waals surface area contributed by atoms with Gasteiger partial charge in [0.1, 0.15) is 11.5 Å². The highest BCUT2D eigenvalue weighted by Gasteiger charge is 2.30. The zero-order chi connectivity index (χ0) is 12.4. The minimum absolute atomic E-state index is 0.143. The summed E-state index contributed by atoms with van der Waals surface area (Å²) in [5, 5.41) is 0. The molecule has 1 aliphatic rings.